The van der Waals surface area contributed by atoms with E-state index >= 15 is 0 Å². The molecule has 1 fully saturated rings. The van der Waals surface area contributed by atoms with Gasteiger partial charge in [-0.3, -0.25) is 9.10 Å². The summed E-state index contributed by atoms with van der Waals surface area (Å²) in [6.45, 7) is 0. The average Bonchev–Trinajstić information content (AvgIpc) is 3.19. The van der Waals surface area contributed by atoms with Gasteiger partial charge in [-0.05, 0) is 66.8 Å². The number of thiophene rings is 1. The number of anilines is 1. The molecule has 1 aliphatic rings. The lowest BCUT2D eigenvalue weighted by atomic mass is 9.97. The maximum atomic E-state index is 13.2. The molecule has 1 amide bonds. The number of sulfonamides is 1. The van der Waals surface area contributed by atoms with Gasteiger partial charge in [-0.25, -0.2) is 12.8 Å². The smallest absolute Gasteiger partial charge is 0.264 e. The number of nitrogens with one attached hydrogen (secondary N) is 1. The summed E-state index contributed by atoms with van der Waals surface area (Å²) in [4.78, 5) is 13.5. The molecule has 0 aliphatic heterocycles. The average molecular weight is 475 g/mol. The van der Waals surface area contributed by atoms with E-state index in [9.17, 15) is 17.6 Å². The Bertz CT molecular complexity index is 1200. The van der Waals surface area contributed by atoms with E-state index < -0.39 is 15.8 Å². The van der Waals surface area contributed by atoms with Gasteiger partial charge in [0.2, 0.25) is 0 Å². The van der Waals surface area contributed by atoms with Crippen LogP contribution in [0.3, 0.4) is 0 Å². The third kappa shape index (κ3) is 4.96. The van der Waals surface area contributed by atoms with Gasteiger partial charge in [0.15, 0.2) is 0 Å². The summed E-state index contributed by atoms with van der Waals surface area (Å²) < 4.78 is 41.1. The molecule has 170 valence electrons. The lowest BCUT2D eigenvalue weighted by Gasteiger charge is -2.20. The highest BCUT2D eigenvalue weighted by Crippen LogP contribution is 2.31. The Morgan fingerprint density at radius 1 is 1.00 bits per heavy atom. The molecule has 1 saturated carbocycles. The summed E-state index contributed by atoms with van der Waals surface area (Å²) in [5.41, 5.74) is 0.478. The minimum Gasteiger partial charge on any atom is -0.349 e. The van der Waals surface area contributed by atoms with Gasteiger partial charge in [0.05, 0.1) is 15.5 Å². The Kier molecular flexibility index (Phi) is 6.81. The van der Waals surface area contributed by atoms with Crippen molar-refractivity contribution in [2.24, 2.45) is 0 Å². The van der Waals surface area contributed by atoms with Crippen LogP contribution < -0.4 is 9.62 Å². The fourth-order valence-electron chi connectivity index (χ4n) is 4.10. The molecular weight excluding hydrogens is 447 g/mol. The van der Waals surface area contributed by atoms with Gasteiger partial charge in [0, 0.05) is 17.8 Å². The molecule has 5 nitrogen and oxygen atoms in total. The molecule has 1 aromatic heterocycles. The molecule has 1 aliphatic carbocycles. The number of benzene rings is 2. The van der Waals surface area contributed by atoms with E-state index in [2.05, 4.69) is 5.32 Å². The molecule has 3 aromatic rings. The summed E-state index contributed by atoms with van der Waals surface area (Å²) >= 11 is 1.41. The van der Waals surface area contributed by atoms with E-state index in [0.29, 0.717) is 10.6 Å². The first-order valence-corrected chi connectivity index (χ1v) is 13.2. The molecule has 4 rings (SSSR count). The molecule has 0 radical (unpaired) electrons. The molecule has 0 atom stereocenters. The first kappa shape index (κ1) is 22.7. The van der Waals surface area contributed by atoms with Crippen molar-refractivity contribution in [1.29, 1.82) is 0 Å². The third-order valence-corrected chi connectivity index (χ3v) is 8.91. The number of rotatable bonds is 5. The Hall–Kier alpha value is -2.45. The fourth-order valence-corrected chi connectivity index (χ4v) is 6.23. The van der Waals surface area contributed by atoms with Gasteiger partial charge >= 0.3 is 0 Å². The predicted octanol–water partition coefficient (Wildman–Crippen LogP) is 5.71. The number of hydrogen-bond acceptors (Lipinski definition) is 4. The lowest BCUT2D eigenvalue weighted by Crippen LogP contribution is -2.34. The predicted molar refractivity (Wildman–Crippen MR) is 127 cm³/mol. The molecule has 1 heterocycles. The van der Waals surface area contributed by atoms with E-state index in [1.807, 2.05) is 12.1 Å². The first-order chi connectivity index (χ1) is 15.3. The maximum Gasteiger partial charge on any atom is 0.264 e. The Labute approximate surface area is 192 Å². The number of carbonyl (C=O) groups is 1. The van der Waals surface area contributed by atoms with Crippen molar-refractivity contribution in [2.45, 2.75) is 55.9 Å². The van der Waals surface area contributed by atoms with E-state index in [1.165, 1.54) is 54.1 Å². The van der Waals surface area contributed by atoms with Crippen molar-refractivity contribution in [3.05, 3.63) is 59.2 Å². The van der Waals surface area contributed by atoms with E-state index in [1.54, 1.807) is 12.1 Å². The molecule has 8 heteroatoms. The summed E-state index contributed by atoms with van der Waals surface area (Å²) in [5.74, 6) is -0.554. The van der Waals surface area contributed by atoms with Crippen LogP contribution in [0, 0.1) is 5.82 Å². The highest BCUT2D eigenvalue weighted by Gasteiger charge is 2.22. The number of hydrogen-bond donors (Lipinski definition) is 1. The van der Waals surface area contributed by atoms with Crippen molar-refractivity contribution in [1.82, 2.24) is 5.32 Å². The van der Waals surface area contributed by atoms with Gasteiger partial charge < -0.3 is 5.32 Å². The van der Waals surface area contributed by atoms with Crippen molar-refractivity contribution < 1.29 is 17.6 Å². The second-order valence-corrected chi connectivity index (χ2v) is 11.3. The molecular formula is C24H27FN2O3S2. The molecule has 1 N–H and O–H groups in total. The van der Waals surface area contributed by atoms with E-state index in [4.69, 9.17) is 0 Å². The highest BCUT2D eigenvalue weighted by molar-refractivity contribution is 7.92. The number of amides is 1. The Balaban J connectivity index is 1.53. The summed E-state index contributed by atoms with van der Waals surface area (Å²) in [6, 6.07) is 12.1. The van der Waals surface area contributed by atoms with Crippen LogP contribution in [-0.4, -0.2) is 27.4 Å². The monoisotopic (exact) mass is 474 g/mol. The van der Waals surface area contributed by atoms with E-state index in [0.717, 1.165) is 47.9 Å². The largest absolute Gasteiger partial charge is 0.349 e. The zero-order valence-corrected chi connectivity index (χ0v) is 19.6. The zero-order chi connectivity index (χ0) is 22.7. The van der Waals surface area contributed by atoms with Crippen molar-refractivity contribution >= 4 is 43.0 Å². The molecule has 0 saturated heterocycles. The van der Waals surface area contributed by atoms with Crippen LogP contribution in [0.2, 0.25) is 0 Å². The van der Waals surface area contributed by atoms with Gasteiger partial charge in [-0.2, -0.15) is 0 Å². The summed E-state index contributed by atoms with van der Waals surface area (Å²) in [6.07, 6.45) is 8.08. The van der Waals surface area contributed by atoms with Gasteiger partial charge in [-0.1, -0.05) is 32.1 Å². The van der Waals surface area contributed by atoms with Crippen LogP contribution in [-0.2, 0) is 10.0 Å². The quantitative estimate of drug-likeness (QED) is 0.515. The van der Waals surface area contributed by atoms with Crippen LogP contribution in [0.25, 0.3) is 10.1 Å². The van der Waals surface area contributed by atoms with Crippen LogP contribution in [0.1, 0.15) is 54.6 Å². The Morgan fingerprint density at radius 3 is 2.34 bits per heavy atom. The maximum absolute atomic E-state index is 13.2. The molecule has 0 bridgehead atoms. The van der Waals surface area contributed by atoms with Crippen LogP contribution >= 0.6 is 11.3 Å². The van der Waals surface area contributed by atoms with Gasteiger partial charge in [-0.15, -0.1) is 11.3 Å². The highest BCUT2D eigenvalue weighted by atomic mass is 32.2. The van der Waals surface area contributed by atoms with Gasteiger partial charge in [0.1, 0.15) is 5.82 Å². The first-order valence-electron chi connectivity index (χ1n) is 10.9. The second-order valence-electron chi connectivity index (χ2n) is 8.27. The third-order valence-electron chi connectivity index (χ3n) is 6.00. The fraction of sp³-hybridized carbons (Fsp3) is 0.375. The standard InChI is InChI=1S/C24H27FN2O3S2/c1-27(32(29,30)21-12-9-18(25)10-13-21)20-11-14-22-17(15-20)16-23(31-22)24(28)26-19-7-5-3-2-4-6-8-19/h9-16,19H,2-8H2,1H3,(H,26,28). The summed E-state index contributed by atoms with van der Waals surface area (Å²) in [5, 5.41) is 4.00. The molecule has 32 heavy (non-hydrogen) atoms. The van der Waals surface area contributed by atoms with Gasteiger partial charge in [0.25, 0.3) is 15.9 Å². The molecule has 2 aromatic carbocycles. The van der Waals surface area contributed by atoms with Crippen molar-refractivity contribution in [3.8, 4) is 0 Å². The summed E-state index contributed by atoms with van der Waals surface area (Å²) in [7, 11) is -2.36. The van der Waals surface area contributed by atoms with Crippen LogP contribution in [0.5, 0.6) is 0 Å². The zero-order valence-electron chi connectivity index (χ0n) is 18.0. The number of fused-ring (bicyclic) bond motifs is 1. The Morgan fingerprint density at radius 2 is 1.66 bits per heavy atom. The van der Waals surface area contributed by atoms with E-state index in [-0.39, 0.29) is 16.8 Å². The second kappa shape index (κ2) is 9.58. The topological polar surface area (TPSA) is 66.5 Å². The minimum atomic E-state index is -3.82. The molecule has 0 unspecified atom stereocenters. The number of halogens is 1. The van der Waals surface area contributed by atoms with Crippen LogP contribution in [0.4, 0.5) is 10.1 Å². The minimum absolute atomic E-state index is 0.0195. The SMILES string of the molecule is CN(c1ccc2sc(C(=O)NC3CCCCCCC3)cc2c1)S(=O)(=O)c1ccc(F)cc1. The lowest BCUT2D eigenvalue weighted by molar-refractivity contribution is 0.0934. The molecule has 0 spiro atoms. The van der Waals surface area contributed by atoms with Crippen LogP contribution in [0.15, 0.2) is 53.4 Å². The normalized spacial score (nSPS) is 15.8. The van der Waals surface area contributed by atoms with Crippen molar-refractivity contribution in [3.63, 3.8) is 0 Å². The number of nitrogens with zero attached hydrogens (tertiary/aromatic N) is 1. The van der Waals surface area contributed by atoms with Crippen molar-refractivity contribution in [2.75, 3.05) is 11.4 Å². The number of carbonyl (C=O) groups excluding carboxylic acids is 1.